The topological polar surface area (TPSA) is 12.0 Å². The number of hydrogen-bond donors (Lipinski definition) is 1. The molecular formula is C16H26ClN. The summed E-state index contributed by atoms with van der Waals surface area (Å²) in [5.74, 6) is 0.776. The van der Waals surface area contributed by atoms with Crippen LogP contribution in [0.1, 0.15) is 46.1 Å². The number of benzene rings is 1. The molecule has 0 aliphatic carbocycles. The van der Waals surface area contributed by atoms with E-state index in [9.17, 15) is 0 Å². The lowest BCUT2D eigenvalue weighted by Crippen LogP contribution is -2.40. The first-order chi connectivity index (χ1) is 8.56. The second-order valence-electron chi connectivity index (χ2n) is 5.26. The fraction of sp³-hybridized carbons (Fsp3) is 0.625. The minimum atomic E-state index is 0.502. The molecule has 1 rings (SSSR count). The van der Waals surface area contributed by atoms with Crippen LogP contribution in [0.2, 0.25) is 5.02 Å². The fourth-order valence-electron chi connectivity index (χ4n) is 2.61. The van der Waals surface area contributed by atoms with Gasteiger partial charge in [0.2, 0.25) is 0 Å². The number of halogens is 1. The molecule has 0 aliphatic heterocycles. The van der Waals surface area contributed by atoms with Gasteiger partial charge in [-0.25, -0.2) is 0 Å². The van der Waals surface area contributed by atoms with Crippen molar-refractivity contribution in [2.45, 2.75) is 59.0 Å². The Morgan fingerprint density at radius 2 is 1.61 bits per heavy atom. The Labute approximate surface area is 117 Å². The lowest BCUT2D eigenvalue weighted by Gasteiger charge is -2.26. The molecule has 0 fully saturated rings. The van der Waals surface area contributed by atoms with Crippen LogP contribution < -0.4 is 5.32 Å². The van der Waals surface area contributed by atoms with Crippen LogP contribution >= 0.6 is 11.6 Å². The van der Waals surface area contributed by atoms with E-state index in [0.29, 0.717) is 12.1 Å². The molecule has 0 aliphatic rings. The molecule has 0 radical (unpaired) electrons. The Hall–Kier alpha value is -0.530. The number of hydrogen-bond acceptors (Lipinski definition) is 1. The van der Waals surface area contributed by atoms with Crippen LogP contribution in [-0.2, 0) is 6.42 Å². The van der Waals surface area contributed by atoms with E-state index in [0.717, 1.165) is 17.4 Å². The second-order valence-corrected chi connectivity index (χ2v) is 5.70. The highest BCUT2D eigenvalue weighted by Crippen LogP contribution is 2.15. The first-order valence-corrected chi connectivity index (χ1v) is 7.45. The Morgan fingerprint density at radius 3 is 2.11 bits per heavy atom. The molecular weight excluding hydrogens is 242 g/mol. The van der Waals surface area contributed by atoms with Crippen LogP contribution in [0.5, 0.6) is 0 Å². The summed E-state index contributed by atoms with van der Waals surface area (Å²) in [5.41, 5.74) is 1.34. The number of nitrogens with one attached hydrogen (secondary N) is 1. The van der Waals surface area contributed by atoms with E-state index in [4.69, 9.17) is 11.6 Å². The summed E-state index contributed by atoms with van der Waals surface area (Å²) in [6.07, 6.45) is 3.55. The lowest BCUT2D eigenvalue weighted by atomic mass is 9.94. The molecule has 0 saturated carbocycles. The zero-order valence-electron chi connectivity index (χ0n) is 12.0. The molecule has 0 bridgehead atoms. The van der Waals surface area contributed by atoms with Crippen LogP contribution in [0.15, 0.2) is 24.3 Å². The van der Waals surface area contributed by atoms with Crippen LogP contribution in [0.25, 0.3) is 0 Å². The quantitative estimate of drug-likeness (QED) is 0.756. The molecule has 1 aromatic rings. The summed E-state index contributed by atoms with van der Waals surface area (Å²) in [5, 5.41) is 4.52. The van der Waals surface area contributed by atoms with Crippen LogP contribution in [0.3, 0.4) is 0 Å². The molecule has 2 heteroatoms. The average molecular weight is 268 g/mol. The van der Waals surface area contributed by atoms with E-state index in [1.807, 2.05) is 12.1 Å². The van der Waals surface area contributed by atoms with Crippen molar-refractivity contribution in [1.29, 1.82) is 0 Å². The van der Waals surface area contributed by atoms with E-state index in [-0.39, 0.29) is 0 Å². The van der Waals surface area contributed by atoms with Gasteiger partial charge in [0.15, 0.2) is 0 Å². The SMILES string of the molecule is CCC(CC)C(C)NC(C)Cc1ccc(Cl)cc1. The molecule has 2 unspecified atom stereocenters. The predicted molar refractivity (Wildman–Crippen MR) is 81.3 cm³/mol. The van der Waals surface area contributed by atoms with Gasteiger partial charge in [-0.2, -0.15) is 0 Å². The van der Waals surface area contributed by atoms with Crippen molar-refractivity contribution in [3.8, 4) is 0 Å². The smallest absolute Gasteiger partial charge is 0.0406 e. The second kappa shape index (κ2) is 7.81. The summed E-state index contributed by atoms with van der Waals surface area (Å²) >= 11 is 5.90. The summed E-state index contributed by atoms with van der Waals surface area (Å²) in [7, 11) is 0. The van der Waals surface area contributed by atoms with Crippen molar-refractivity contribution in [3.05, 3.63) is 34.9 Å². The molecule has 0 aromatic heterocycles. The highest BCUT2D eigenvalue weighted by molar-refractivity contribution is 6.30. The van der Waals surface area contributed by atoms with Gasteiger partial charge in [-0.15, -0.1) is 0 Å². The van der Waals surface area contributed by atoms with E-state index >= 15 is 0 Å². The van der Waals surface area contributed by atoms with Gasteiger partial charge in [-0.1, -0.05) is 50.4 Å². The fourth-order valence-corrected chi connectivity index (χ4v) is 2.74. The van der Waals surface area contributed by atoms with Crippen molar-refractivity contribution in [1.82, 2.24) is 5.32 Å². The lowest BCUT2D eigenvalue weighted by molar-refractivity contribution is 0.327. The van der Waals surface area contributed by atoms with Crippen molar-refractivity contribution in [2.24, 2.45) is 5.92 Å². The number of rotatable bonds is 7. The maximum Gasteiger partial charge on any atom is 0.0406 e. The highest BCUT2D eigenvalue weighted by Gasteiger charge is 2.15. The van der Waals surface area contributed by atoms with Crippen molar-refractivity contribution >= 4 is 11.6 Å². The largest absolute Gasteiger partial charge is 0.311 e. The van der Waals surface area contributed by atoms with Gasteiger partial charge in [0.25, 0.3) is 0 Å². The van der Waals surface area contributed by atoms with Gasteiger partial charge in [0.05, 0.1) is 0 Å². The van der Waals surface area contributed by atoms with Crippen molar-refractivity contribution < 1.29 is 0 Å². The summed E-state index contributed by atoms with van der Waals surface area (Å²) < 4.78 is 0. The molecule has 18 heavy (non-hydrogen) atoms. The van der Waals surface area contributed by atoms with E-state index in [1.165, 1.54) is 18.4 Å². The van der Waals surface area contributed by atoms with Gasteiger partial charge in [0.1, 0.15) is 0 Å². The van der Waals surface area contributed by atoms with E-state index in [1.54, 1.807) is 0 Å². The predicted octanol–water partition coefficient (Wildman–Crippen LogP) is 4.69. The summed E-state index contributed by atoms with van der Waals surface area (Å²) in [6.45, 7) is 9.11. The third kappa shape index (κ3) is 4.99. The van der Waals surface area contributed by atoms with Gasteiger partial charge >= 0.3 is 0 Å². The maximum absolute atomic E-state index is 5.90. The normalized spacial score (nSPS) is 14.8. The Kier molecular flexibility index (Phi) is 6.73. The standard InChI is InChI=1S/C16H26ClN/c1-5-15(6-2)13(4)18-12(3)11-14-7-9-16(17)10-8-14/h7-10,12-13,15,18H,5-6,11H2,1-4H3. The van der Waals surface area contributed by atoms with E-state index < -0.39 is 0 Å². The van der Waals surface area contributed by atoms with Crippen LogP contribution in [0, 0.1) is 5.92 Å². The maximum atomic E-state index is 5.90. The molecule has 1 N–H and O–H groups in total. The minimum absolute atomic E-state index is 0.502. The molecule has 0 heterocycles. The Balaban J connectivity index is 2.45. The molecule has 0 spiro atoms. The van der Waals surface area contributed by atoms with Crippen molar-refractivity contribution in [3.63, 3.8) is 0 Å². The highest BCUT2D eigenvalue weighted by atomic mass is 35.5. The zero-order valence-corrected chi connectivity index (χ0v) is 12.8. The first kappa shape index (κ1) is 15.5. The molecule has 1 aromatic carbocycles. The van der Waals surface area contributed by atoms with Crippen LogP contribution in [0.4, 0.5) is 0 Å². The van der Waals surface area contributed by atoms with Gasteiger partial charge in [-0.3, -0.25) is 0 Å². The zero-order chi connectivity index (χ0) is 13.5. The van der Waals surface area contributed by atoms with Crippen molar-refractivity contribution in [2.75, 3.05) is 0 Å². The monoisotopic (exact) mass is 267 g/mol. The summed E-state index contributed by atoms with van der Waals surface area (Å²) in [6, 6.07) is 9.25. The third-order valence-electron chi connectivity index (χ3n) is 3.76. The van der Waals surface area contributed by atoms with E-state index in [2.05, 4.69) is 45.1 Å². The van der Waals surface area contributed by atoms with Gasteiger partial charge in [0, 0.05) is 17.1 Å². The molecule has 0 amide bonds. The summed E-state index contributed by atoms with van der Waals surface area (Å²) in [4.78, 5) is 0. The molecule has 0 saturated heterocycles. The Bertz CT molecular complexity index is 329. The third-order valence-corrected chi connectivity index (χ3v) is 4.01. The van der Waals surface area contributed by atoms with Gasteiger partial charge < -0.3 is 5.32 Å². The average Bonchev–Trinajstić information content (AvgIpc) is 2.33. The first-order valence-electron chi connectivity index (χ1n) is 7.07. The van der Waals surface area contributed by atoms with Crippen LogP contribution in [-0.4, -0.2) is 12.1 Å². The molecule has 2 atom stereocenters. The molecule has 102 valence electrons. The molecule has 1 nitrogen and oxygen atoms in total. The minimum Gasteiger partial charge on any atom is -0.311 e. The van der Waals surface area contributed by atoms with Gasteiger partial charge in [-0.05, 0) is 43.9 Å². The Morgan fingerprint density at radius 1 is 1.06 bits per heavy atom.